The Hall–Kier alpha value is -1.88. The van der Waals surface area contributed by atoms with Gasteiger partial charge in [0, 0.05) is 11.6 Å². The number of thiazole rings is 1. The van der Waals surface area contributed by atoms with E-state index in [4.69, 9.17) is 4.74 Å². The van der Waals surface area contributed by atoms with E-state index < -0.39 is 6.09 Å². The first kappa shape index (κ1) is 11.6. The molecule has 1 heterocycles. The number of benzene rings is 1. The third-order valence-corrected chi connectivity index (χ3v) is 3.07. The van der Waals surface area contributed by atoms with Gasteiger partial charge in [0.25, 0.3) is 0 Å². The van der Waals surface area contributed by atoms with Gasteiger partial charge in [-0.3, -0.25) is 0 Å². The highest BCUT2D eigenvalue weighted by molar-refractivity contribution is 7.09. The summed E-state index contributed by atoms with van der Waals surface area (Å²) in [6.07, 6.45) is 1.24. The number of hydrogen-bond acceptors (Lipinski definition) is 4. The van der Waals surface area contributed by atoms with Gasteiger partial charge in [0.1, 0.15) is 10.8 Å². The smallest absolute Gasteiger partial charge is 0.410 e. The number of amides is 1. The monoisotopic (exact) mass is 248 g/mol. The van der Waals surface area contributed by atoms with Gasteiger partial charge in [-0.05, 0) is 19.1 Å². The first-order chi connectivity index (χ1) is 8.25. The third kappa shape index (κ3) is 3.29. The zero-order valence-corrected chi connectivity index (χ0v) is 10.1. The Morgan fingerprint density at radius 2 is 2.18 bits per heavy atom. The number of hydrogen-bond donors (Lipinski definition) is 1. The Labute approximate surface area is 103 Å². The van der Waals surface area contributed by atoms with Crippen LogP contribution in [0.5, 0.6) is 5.75 Å². The summed E-state index contributed by atoms with van der Waals surface area (Å²) in [5.74, 6) is 0.524. The Balaban J connectivity index is 1.90. The van der Waals surface area contributed by atoms with Crippen molar-refractivity contribution < 1.29 is 9.53 Å². The quantitative estimate of drug-likeness (QED) is 0.908. The van der Waals surface area contributed by atoms with E-state index in [9.17, 15) is 4.79 Å². The van der Waals surface area contributed by atoms with Crippen molar-refractivity contribution in [3.8, 4) is 5.75 Å². The molecule has 2 rings (SSSR count). The number of aromatic nitrogens is 1. The molecule has 17 heavy (non-hydrogen) atoms. The second-order valence-corrected chi connectivity index (χ2v) is 4.37. The van der Waals surface area contributed by atoms with Gasteiger partial charge in [0.05, 0.1) is 6.04 Å². The summed E-state index contributed by atoms with van der Waals surface area (Å²) in [6.45, 7) is 1.87. The average Bonchev–Trinajstić information content (AvgIpc) is 2.83. The van der Waals surface area contributed by atoms with Crippen molar-refractivity contribution in [1.82, 2.24) is 10.3 Å². The molecule has 1 aromatic heterocycles. The first-order valence-corrected chi connectivity index (χ1v) is 6.06. The summed E-state index contributed by atoms with van der Waals surface area (Å²) in [4.78, 5) is 15.7. The molecule has 0 aliphatic heterocycles. The van der Waals surface area contributed by atoms with E-state index in [1.165, 1.54) is 11.3 Å². The Bertz CT molecular complexity index is 471. The molecule has 88 valence electrons. The number of rotatable bonds is 3. The van der Waals surface area contributed by atoms with Crippen LogP contribution in [0.3, 0.4) is 0 Å². The van der Waals surface area contributed by atoms with Crippen LogP contribution in [0.1, 0.15) is 18.0 Å². The van der Waals surface area contributed by atoms with E-state index in [1.807, 2.05) is 30.5 Å². The van der Waals surface area contributed by atoms with E-state index in [1.54, 1.807) is 18.3 Å². The molecule has 1 aromatic carbocycles. The number of carbonyl (C=O) groups is 1. The van der Waals surface area contributed by atoms with Crippen LogP contribution >= 0.6 is 11.3 Å². The summed E-state index contributed by atoms with van der Waals surface area (Å²) in [6, 6.07) is 8.80. The maximum absolute atomic E-state index is 11.6. The van der Waals surface area contributed by atoms with Crippen LogP contribution in [-0.2, 0) is 0 Å². The molecule has 0 radical (unpaired) electrons. The normalized spacial score (nSPS) is 11.8. The molecular formula is C12H12N2O2S. The first-order valence-electron chi connectivity index (χ1n) is 5.18. The van der Waals surface area contributed by atoms with Gasteiger partial charge in [0.2, 0.25) is 0 Å². The van der Waals surface area contributed by atoms with Crippen LogP contribution in [0.2, 0.25) is 0 Å². The molecule has 4 nitrogen and oxygen atoms in total. The van der Waals surface area contributed by atoms with Crippen LogP contribution in [0.15, 0.2) is 41.9 Å². The molecule has 0 fully saturated rings. The second-order valence-electron chi connectivity index (χ2n) is 3.44. The van der Waals surface area contributed by atoms with Gasteiger partial charge in [0.15, 0.2) is 0 Å². The van der Waals surface area contributed by atoms with Crippen molar-refractivity contribution in [2.75, 3.05) is 0 Å². The highest BCUT2D eigenvalue weighted by Crippen LogP contribution is 2.15. The largest absolute Gasteiger partial charge is 0.413 e. The number of carbonyl (C=O) groups excluding carboxylic acids is 1. The molecule has 5 heteroatoms. The number of ether oxygens (including phenoxy) is 1. The molecule has 0 spiro atoms. The Morgan fingerprint density at radius 3 is 2.82 bits per heavy atom. The zero-order valence-electron chi connectivity index (χ0n) is 9.29. The van der Waals surface area contributed by atoms with Crippen molar-refractivity contribution in [2.24, 2.45) is 0 Å². The summed E-state index contributed by atoms with van der Waals surface area (Å²) >= 11 is 1.50. The van der Waals surface area contributed by atoms with E-state index in [0.29, 0.717) is 5.75 Å². The minimum Gasteiger partial charge on any atom is -0.410 e. The SMILES string of the molecule is CC(NC(=O)Oc1ccccc1)c1nccs1. The molecule has 0 aliphatic rings. The van der Waals surface area contributed by atoms with Gasteiger partial charge >= 0.3 is 6.09 Å². The number of nitrogens with one attached hydrogen (secondary N) is 1. The minimum absolute atomic E-state index is 0.147. The van der Waals surface area contributed by atoms with Crippen molar-refractivity contribution in [3.05, 3.63) is 46.9 Å². The summed E-state index contributed by atoms with van der Waals surface area (Å²) < 4.78 is 5.11. The van der Waals surface area contributed by atoms with Crippen LogP contribution < -0.4 is 10.1 Å². The Morgan fingerprint density at radius 1 is 1.41 bits per heavy atom. The minimum atomic E-state index is -0.473. The molecule has 0 bridgehead atoms. The maximum atomic E-state index is 11.6. The molecule has 1 atom stereocenters. The maximum Gasteiger partial charge on any atom is 0.413 e. The Kier molecular flexibility index (Phi) is 3.72. The van der Waals surface area contributed by atoms with E-state index in [2.05, 4.69) is 10.3 Å². The van der Waals surface area contributed by atoms with Crippen molar-refractivity contribution >= 4 is 17.4 Å². The molecule has 2 aromatic rings. The van der Waals surface area contributed by atoms with Crippen LogP contribution in [0.4, 0.5) is 4.79 Å². The van der Waals surface area contributed by atoms with Crippen LogP contribution in [0.25, 0.3) is 0 Å². The molecule has 1 amide bonds. The number of para-hydroxylation sites is 1. The summed E-state index contributed by atoms with van der Waals surface area (Å²) in [7, 11) is 0. The lowest BCUT2D eigenvalue weighted by molar-refractivity contribution is 0.197. The third-order valence-electron chi connectivity index (χ3n) is 2.11. The highest BCUT2D eigenvalue weighted by atomic mass is 32.1. The molecule has 1 N–H and O–H groups in total. The molecule has 1 unspecified atom stereocenters. The van der Waals surface area contributed by atoms with Gasteiger partial charge in [-0.15, -0.1) is 11.3 Å². The van der Waals surface area contributed by atoms with E-state index in [-0.39, 0.29) is 6.04 Å². The second kappa shape index (κ2) is 5.45. The zero-order chi connectivity index (χ0) is 12.1. The topological polar surface area (TPSA) is 51.2 Å². The van der Waals surface area contributed by atoms with E-state index >= 15 is 0 Å². The highest BCUT2D eigenvalue weighted by Gasteiger charge is 2.12. The van der Waals surface area contributed by atoms with Crippen molar-refractivity contribution in [2.45, 2.75) is 13.0 Å². The van der Waals surface area contributed by atoms with Crippen molar-refractivity contribution in [1.29, 1.82) is 0 Å². The van der Waals surface area contributed by atoms with Gasteiger partial charge in [-0.25, -0.2) is 9.78 Å². The predicted molar refractivity (Wildman–Crippen MR) is 66.1 cm³/mol. The van der Waals surface area contributed by atoms with Gasteiger partial charge < -0.3 is 10.1 Å². The fourth-order valence-electron chi connectivity index (χ4n) is 1.31. The fourth-order valence-corrected chi connectivity index (χ4v) is 1.96. The average molecular weight is 248 g/mol. The molecular weight excluding hydrogens is 236 g/mol. The number of nitrogens with zero attached hydrogens (tertiary/aromatic N) is 1. The van der Waals surface area contributed by atoms with Crippen LogP contribution in [-0.4, -0.2) is 11.1 Å². The van der Waals surface area contributed by atoms with Crippen molar-refractivity contribution in [3.63, 3.8) is 0 Å². The fraction of sp³-hybridized carbons (Fsp3) is 0.167. The van der Waals surface area contributed by atoms with Crippen LogP contribution in [0, 0.1) is 0 Å². The standard InChI is InChI=1S/C12H12N2O2S/c1-9(11-13-7-8-17-11)14-12(15)16-10-5-3-2-4-6-10/h2-9H,1H3,(H,14,15). The lowest BCUT2D eigenvalue weighted by Crippen LogP contribution is -2.29. The van der Waals surface area contributed by atoms with Gasteiger partial charge in [-0.2, -0.15) is 0 Å². The molecule has 0 aliphatic carbocycles. The lowest BCUT2D eigenvalue weighted by Gasteiger charge is -2.11. The molecule has 0 saturated heterocycles. The lowest BCUT2D eigenvalue weighted by atomic mass is 10.3. The molecule has 0 saturated carbocycles. The van der Waals surface area contributed by atoms with Gasteiger partial charge in [-0.1, -0.05) is 18.2 Å². The summed E-state index contributed by atoms with van der Waals surface area (Å²) in [5, 5.41) is 5.45. The van der Waals surface area contributed by atoms with E-state index in [0.717, 1.165) is 5.01 Å². The summed E-state index contributed by atoms with van der Waals surface area (Å²) in [5.41, 5.74) is 0. The predicted octanol–water partition coefficient (Wildman–Crippen LogP) is 2.99.